The number of rotatable bonds is 3. The van der Waals surface area contributed by atoms with Gasteiger partial charge in [0.25, 0.3) is 0 Å². The summed E-state index contributed by atoms with van der Waals surface area (Å²) in [6.07, 6.45) is 5.33. The molecule has 1 fully saturated rings. The summed E-state index contributed by atoms with van der Waals surface area (Å²) < 4.78 is 1.73. The Morgan fingerprint density at radius 3 is 2.44 bits per heavy atom. The number of aryl methyl sites for hydroxylation is 1. The van der Waals surface area contributed by atoms with Gasteiger partial charge in [0.05, 0.1) is 12.4 Å². The lowest BCUT2D eigenvalue weighted by atomic mass is 10.0. The quantitative estimate of drug-likeness (QED) is 0.731. The molecule has 0 amide bonds. The summed E-state index contributed by atoms with van der Waals surface area (Å²) in [6.45, 7) is 5.98. The lowest BCUT2D eigenvalue weighted by molar-refractivity contribution is 0.402. The van der Waals surface area contributed by atoms with Crippen molar-refractivity contribution in [2.24, 2.45) is 7.05 Å². The van der Waals surface area contributed by atoms with Crippen LogP contribution in [0.15, 0.2) is 36.8 Å². The highest BCUT2D eigenvalue weighted by atomic mass is 16.3. The van der Waals surface area contributed by atoms with Crippen LogP contribution in [-0.2, 0) is 7.05 Å². The highest BCUT2D eigenvalue weighted by Crippen LogP contribution is 2.32. The molecule has 0 aliphatic carbocycles. The monoisotopic (exact) mass is 365 g/mol. The fourth-order valence-electron chi connectivity index (χ4n) is 3.53. The topological polar surface area (TPSA) is 92.0 Å². The molecular formula is C19H23N7O. The molecular weight excluding hydrogens is 342 g/mol. The van der Waals surface area contributed by atoms with Crippen LogP contribution in [0.2, 0.25) is 0 Å². The summed E-state index contributed by atoms with van der Waals surface area (Å²) in [5.74, 6) is 0.759. The molecule has 1 aliphatic heterocycles. The second-order valence-corrected chi connectivity index (χ2v) is 7.15. The van der Waals surface area contributed by atoms with Gasteiger partial charge in [0.1, 0.15) is 11.4 Å². The Morgan fingerprint density at radius 1 is 1.07 bits per heavy atom. The van der Waals surface area contributed by atoms with Crippen LogP contribution in [0, 0.1) is 0 Å². The molecule has 0 spiro atoms. The van der Waals surface area contributed by atoms with Gasteiger partial charge in [-0.1, -0.05) is 6.07 Å². The van der Waals surface area contributed by atoms with Gasteiger partial charge in [-0.25, -0.2) is 4.98 Å². The lowest BCUT2D eigenvalue weighted by Gasteiger charge is -2.35. The van der Waals surface area contributed by atoms with E-state index in [9.17, 15) is 5.11 Å². The molecule has 1 aliphatic rings. The molecule has 3 aromatic rings. The van der Waals surface area contributed by atoms with E-state index in [0.29, 0.717) is 29.3 Å². The Labute approximate surface area is 157 Å². The van der Waals surface area contributed by atoms with Crippen molar-refractivity contribution in [3.05, 3.63) is 36.8 Å². The Morgan fingerprint density at radius 2 is 1.85 bits per heavy atom. The minimum absolute atomic E-state index is 0.143. The van der Waals surface area contributed by atoms with Crippen LogP contribution in [0.5, 0.6) is 5.75 Å². The van der Waals surface area contributed by atoms with E-state index in [2.05, 4.69) is 44.3 Å². The molecule has 0 bridgehead atoms. The Balaban J connectivity index is 1.57. The summed E-state index contributed by atoms with van der Waals surface area (Å²) in [6, 6.07) is 6.23. The number of nitrogens with zero attached hydrogens (tertiary/aromatic N) is 6. The van der Waals surface area contributed by atoms with Gasteiger partial charge >= 0.3 is 0 Å². The summed E-state index contributed by atoms with van der Waals surface area (Å²) in [5, 5.41) is 26.7. The molecule has 2 unspecified atom stereocenters. The van der Waals surface area contributed by atoms with Gasteiger partial charge in [-0.05, 0) is 31.5 Å². The van der Waals surface area contributed by atoms with E-state index in [1.54, 1.807) is 23.1 Å². The number of aromatic hydroxyl groups is 1. The normalized spacial score (nSPS) is 20.0. The molecule has 1 saturated heterocycles. The molecule has 2 aromatic heterocycles. The maximum absolute atomic E-state index is 10.5. The fourth-order valence-corrected chi connectivity index (χ4v) is 3.53. The molecule has 8 heteroatoms. The first kappa shape index (κ1) is 17.4. The molecule has 2 N–H and O–H groups in total. The van der Waals surface area contributed by atoms with Gasteiger partial charge < -0.3 is 15.3 Å². The summed E-state index contributed by atoms with van der Waals surface area (Å²) in [5.41, 5.74) is 2.99. The predicted molar refractivity (Wildman–Crippen MR) is 103 cm³/mol. The molecule has 2 atom stereocenters. The summed E-state index contributed by atoms with van der Waals surface area (Å²) in [4.78, 5) is 6.61. The SMILES string of the molecule is CC1CN(c2ncc(-c3ccc(-c4cnn(C)c4)cc3O)nn2)CC(C)N1. The van der Waals surface area contributed by atoms with Crippen LogP contribution in [0.4, 0.5) is 5.95 Å². The van der Waals surface area contributed by atoms with E-state index in [4.69, 9.17) is 0 Å². The van der Waals surface area contributed by atoms with Gasteiger partial charge in [0, 0.05) is 49.5 Å². The van der Waals surface area contributed by atoms with E-state index in [-0.39, 0.29) is 5.75 Å². The fraction of sp³-hybridized carbons (Fsp3) is 0.368. The van der Waals surface area contributed by atoms with Crippen molar-refractivity contribution in [2.75, 3.05) is 18.0 Å². The summed E-state index contributed by atoms with van der Waals surface area (Å²) in [7, 11) is 1.86. The van der Waals surface area contributed by atoms with Crippen LogP contribution in [-0.4, -0.2) is 55.2 Å². The molecule has 3 heterocycles. The zero-order chi connectivity index (χ0) is 19.0. The van der Waals surface area contributed by atoms with Gasteiger partial charge in [0.2, 0.25) is 5.95 Å². The van der Waals surface area contributed by atoms with Gasteiger partial charge in [-0.3, -0.25) is 4.68 Å². The van der Waals surface area contributed by atoms with Crippen molar-refractivity contribution in [3.8, 4) is 28.1 Å². The highest BCUT2D eigenvalue weighted by Gasteiger charge is 2.23. The first-order chi connectivity index (χ1) is 13.0. The zero-order valence-electron chi connectivity index (χ0n) is 15.7. The molecule has 0 radical (unpaired) electrons. The van der Waals surface area contributed by atoms with Gasteiger partial charge in [-0.15, -0.1) is 10.2 Å². The van der Waals surface area contributed by atoms with Crippen LogP contribution in [0.1, 0.15) is 13.8 Å². The highest BCUT2D eigenvalue weighted by molar-refractivity contribution is 5.73. The van der Waals surface area contributed by atoms with E-state index in [1.807, 2.05) is 25.4 Å². The number of benzene rings is 1. The first-order valence-corrected chi connectivity index (χ1v) is 9.02. The third-order valence-electron chi connectivity index (χ3n) is 4.70. The number of nitrogens with one attached hydrogen (secondary N) is 1. The first-order valence-electron chi connectivity index (χ1n) is 9.02. The van der Waals surface area contributed by atoms with Crippen LogP contribution in [0.25, 0.3) is 22.4 Å². The van der Waals surface area contributed by atoms with Gasteiger partial charge in [-0.2, -0.15) is 5.10 Å². The van der Waals surface area contributed by atoms with E-state index in [1.165, 1.54) is 0 Å². The largest absolute Gasteiger partial charge is 0.507 e. The Kier molecular flexibility index (Phi) is 4.49. The Hall–Kier alpha value is -3.00. The third-order valence-corrected chi connectivity index (χ3v) is 4.70. The number of phenolic OH excluding ortho intramolecular Hbond substituents is 1. The van der Waals surface area contributed by atoms with Crippen molar-refractivity contribution < 1.29 is 5.11 Å². The number of phenols is 1. The van der Waals surface area contributed by atoms with E-state index < -0.39 is 0 Å². The van der Waals surface area contributed by atoms with Crippen LogP contribution < -0.4 is 10.2 Å². The molecule has 140 valence electrons. The third kappa shape index (κ3) is 3.61. The maximum Gasteiger partial charge on any atom is 0.245 e. The van der Waals surface area contributed by atoms with Crippen molar-refractivity contribution in [3.63, 3.8) is 0 Å². The molecule has 4 rings (SSSR count). The second-order valence-electron chi connectivity index (χ2n) is 7.15. The van der Waals surface area contributed by atoms with Gasteiger partial charge in [0.15, 0.2) is 0 Å². The number of piperazine rings is 1. The standard InChI is InChI=1S/C19H23N7O/c1-12-9-26(10-13(2)22-12)19-20-8-17(23-24-19)16-5-4-14(6-18(16)27)15-7-21-25(3)11-15/h4-8,11-13,22,27H,9-10H2,1-3H3. The number of aromatic nitrogens is 5. The van der Waals surface area contributed by atoms with Crippen molar-refractivity contribution in [1.29, 1.82) is 0 Å². The van der Waals surface area contributed by atoms with Crippen molar-refractivity contribution >= 4 is 5.95 Å². The Bertz CT molecular complexity index is 927. The number of hydrogen-bond acceptors (Lipinski definition) is 7. The lowest BCUT2D eigenvalue weighted by Crippen LogP contribution is -2.54. The smallest absolute Gasteiger partial charge is 0.245 e. The minimum atomic E-state index is 0.143. The van der Waals surface area contributed by atoms with Crippen LogP contribution >= 0.6 is 0 Å². The predicted octanol–water partition coefficient (Wildman–Crippen LogP) is 1.83. The van der Waals surface area contributed by atoms with Crippen molar-refractivity contribution in [2.45, 2.75) is 25.9 Å². The molecule has 27 heavy (non-hydrogen) atoms. The maximum atomic E-state index is 10.5. The average molecular weight is 365 g/mol. The van der Waals surface area contributed by atoms with Crippen molar-refractivity contribution in [1.82, 2.24) is 30.3 Å². The molecule has 8 nitrogen and oxygen atoms in total. The molecule has 1 aromatic carbocycles. The number of anilines is 1. The second kappa shape index (κ2) is 6.96. The van der Waals surface area contributed by atoms with E-state index in [0.717, 1.165) is 24.2 Å². The average Bonchev–Trinajstić information content (AvgIpc) is 3.07. The summed E-state index contributed by atoms with van der Waals surface area (Å²) >= 11 is 0. The zero-order valence-corrected chi connectivity index (χ0v) is 15.7. The number of hydrogen-bond donors (Lipinski definition) is 2. The van der Waals surface area contributed by atoms with Crippen LogP contribution in [0.3, 0.4) is 0 Å². The molecule has 0 saturated carbocycles. The van der Waals surface area contributed by atoms with E-state index >= 15 is 0 Å². The minimum Gasteiger partial charge on any atom is -0.507 e.